The van der Waals surface area contributed by atoms with Crippen LogP contribution in [0.4, 0.5) is 0 Å². The summed E-state index contributed by atoms with van der Waals surface area (Å²) < 4.78 is 5.28. The first kappa shape index (κ1) is 18.4. The Morgan fingerprint density at radius 2 is 1.68 bits per heavy atom. The molecule has 0 spiro atoms. The number of quaternary nitrogens is 1. The standard InChI is InChI=1S/C23H21ClN2O2/c1-28-18-12-8-16(9-13-18)23-25-20(15-6-10-17(24)11-7-15)14-21(26-23)19-4-2-3-5-22(19)27/h2-14,21,23,25-27H,1H3/p+1. The van der Waals surface area contributed by atoms with Crippen LogP contribution in [0.1, 0.15) is 28.9 Å². The van der Waals surface area contributed by atoms with E-state index in [1.807, 2.05) is 54.6 Å². The van der Waals surface area contributed by atoms with Gasteiger partial charge in [0.25, 0.3) is 0 Å². The fourth-order valence-electron chi connectivity index (χ4n) is 3.48. The second kappa shape index (κ2) is 7.97. The van der Waals surface area contributed by atoms with Gasteiger partial charge in [0.1, 0.15) is 17.5 Å². The lowest BCUT2D eigenvalue weighted by Gasteiger charge is -2.30. The topological polar surface area (TPSA) is 58.1 Å². The number of para-hydroxylation sites is 1. The maximum atomic E-state index is 10.4. The number of phenols is 1. The number of hydrogen-bond donors (Lipinski definition) is 3. The summed E-state index contributed by atoms with van der Waals surface area (Å²) in [5, 5.41) is 16.9. The van der Waals surface area contributed by atoms with Gasteiger partial charge in [0.05, 0.1) is 12.7 Å². The van der Waals surface area contributed by atoms with E-state index < -0.39 is 0 Å². The SMILES string of the molecule is COc1ccc(C2NC(c3ccc(Cl)cc3)=CC(c3ccccc3O)[NH2+]2)cc1. The molecule has 3 aromatic rings. The molecule has 3 aromatic carbocycles. The lowest BCUT2D eigenvalue weighted by Crippen LogP contribution is -2.89. The summed E-state index contributed by atoms with van der Waals surface area (Å²) in [7, 11) is 1.66. The molecule has 1 aliphatic heterocycles. The highest BCUT2D eigenvalue weighted by Gasteiger charge is 2.29. The van der Waals surface area contributed by atoms with Crippen LogP contribution in [0, 0.1) is 0 Å². The highest BCUT2D eigenvalue weighted by atomic mass is 35.5. The zero-order valence-corrected chi connectivity index (χ0v) is 16.2. The second-order valence-electron chi connectivity index (χ2n) is 6.76. The summed E-state index contributed by atoms with van der Waals surface area (Å²) in [6.07, 6.45) is 2.13. The van der Waals surface area contributed by atoms with Crippen molar-refractivity contribution in [2.24, 2.45) is 0 Å². The third kappa shape index (κ3) is 3.84. The van der Waals surface area contributed by atoms with Gasteiger partial charge in [-0.2, -0.15) is 0 Å². The number of phenolic OH excluding ortho intramolecular Hbond substituents is 1. The molecule has 4 N–H and O–H groups in total. The number of rotatable bonds is 4. The maximum absolute atomic E-state index is 10.4. The normalized spacial score (nSPS) is 18.9. The summed E-state index contributed by atoms with van der Waals surface area (Å²) in [5.41, 5.74) is 4.07. The van der Waals surface area contributed by atoms with E-state index in [1.165, 1.54) is 0 Å². The number of nitrogens with two attached hydrogens (primary N) is 1. The maximum Gasteiger partial charge on any atom is 0.186 e. The molecule has 2 unspecified atom stereocenters. The van der Waals surface area contributed by atoms with E-state index in [-0.39, 0.29) is 12.2 Å². The fourth-order valence-corrected chi connectivity index (χ4v) is 3.61. The van der Waals surface area contributed by atoms with Crippen LogP contribution in [0.15, 0.2) is 78.9 Å². The molecule has 1 aliphatic rings. The Balaban J connectivity index is 1.73. The van der Waals surface area contributed by atoms with Gasteiger partial charge in [-0.3, -0.25) is 0 Å². The van der Waals surface area contributed by atoms with Crippen LogP contribution in [0.5, 0.6) is 11.5 Å². The minimum atomic E-state index is -0.0276. The Hall–Kier alpha value is -2.95. The Morgan fingerprint density at radius 1 is 0.964 bits per heavy atom. The van der Waals surface area contributed by atoms with Gasteiger partial charge in [0, 0.05) is 22.4 Å². The monoisotopic (exact) mass is 393 g/mol. The van der Waals surface area contributed by atoms with E-state index in [4.69, 9.17) is 16.3 Å². The van der Waals surface area contributed by atoms with Crippen LogP contribution in [-0.4, -0.2) is 12.2 Å². The molecule has 2 atom stereocenters. The second-order valence-corrected chi connectivity index (χ2v) is 7.20. The first-order valence-electron chi connectivity index (χ1n) is 9.15. The van der Waals surface area contributed by atoms with Crippen molar-refractivity contribution in [2.45, 2.75) is 12.2 Å². The van der Waals surface area contributed by atoms with E-state index in [0.29, 0.717) is 10.8 Å². The highest BCUT2D eigenvalue weighted by Crippen LogP contribution is 2.29. The summed E-state index contributed by atoms with van der Waals surface area (Å²) in [6, 6.07) is 23.2. The number of aromatic hydroxyl groups is 1. The van der Waals surface area contributed by atoms with Gasteiger partial charge >= 0.3 is 0 Å². The van der Waals surface area contributed by atoms with Crippen LogP contribution >= 0.6 is 11.6 Å². The Morgan fingerprint density at radius 3 is 2.36 bits per heavy atom. The van der Waals surface area contributed by atoms with Gasteiger partial charge in [-0.05, 0) is 54.1 Å². The molecular weight excluding hydrogens is 372 g/mol. The molecule has 0 aromatic heterocycles. The first-order valence-corrected chi connectivity index (χ1v) is 9.53. The molecule has 0 saturated carbocycles. The van der Waals surface area contributed by atoms with Crippen molar-refractivity contribution < 1.29 is 15.2 Å². The lowest BCUT2D eigenvalue weighted by molar-refractivity contribution is -0.731. The van der Waals surface area contributed by atoms with Gasteiger partial charge in [0.2, 0.25) is 0 Å². The van der Waals surface area contributed by atoms with Gasteiger partial charge in [0.15, 0.2) is 6.17 Å². The molecular formula is C23H22ClN2O2+. The van der Waals surface area contributed by atoms with Crippen LogP contribution < -0.4 is 15.4 Å². The first-order chi connectivity index (χ1) is 13.6. The molecule has 1 heterocycles. The third-order valence-electron chi connectivity index (χ3n) is 4.98. The lowest BCUT2D eigenvalue weighted by atomic mass is 9.98. The Labute approximate surface area is 169 Å². The summed E-state index contributed by atoms with van der Waals surface area (Å²) in [6.45, 7) is 0. The number of ether oxygens (including phenoxy) is 1. The number of benzene rings is 3. The van der Waals surface area contributed by atoms with Crippen molar-refractivity contribution in [3.05, 3.63) is 101 Å². The minimum Gasteiger partial charge on any atom is -0.507 e. The molecule has 4 rings (SSSR count). The van der Waals surface area contributed by atoms with Crippen molar-refractivity contribution in [3.8, 4) is 11.5 Å². The quantitative estimate of drug-likeness (QED) is 0.628. The molecule has 142 valence electrons. The molecule has 0 saturated heterocycles. The largest absolute Gasteiger partial charge is 0.507 e. The molecule has 28 heavy (non-hydrogen) atoms. The van der Waals surface area contributed by atoms with E-state index in [2.05, 4.69) is 28.8 Å². The van der Waals surface area contributed by atoms with Gasteiger partial charge in [-0.15, -0.1) is 0 Å². The molecule has 0 fully saturated rings. The van der Waals surface area contributed by atoms with Crippen molar-refractivity contribution in [3.63, 3.8) is 0 Å². The van der Waals surface area contributed by atoms with Gasteiger partial charge in [-0.1, -0.05) is 35.9 Å². The van der Waals surface area contributed by atoms with Crippen LogP contribution in [0.25, 0.3) is 5.70 Å². The molecule has 0 bridgehead atoms. The zero-order valence-electron chi connectivity index (χ0n) is 15.5. The molecule has 0 radical (unpaired) electrons. The third-order valence-corrected chi connectivity index (χ3v) is 5.24. The van der Waals surface area contributed by atoms with E-state index in [9.17, 15) is 5.11 Å². The van der Waals surface area contributed by atoms with Crippen molar-refractivity contribution >= 4 is 17.3 Å². The predicted octanol–water partition coefficient (Wildman–Crippen LogP) is 4.00. The zero-order chi connectivity index (χ0) is 19.5. The Bertz CT molecular complexity index is 984. The van der Waals surface area contributed by atoms with Crippen molar-refractivity contribution in [1.82, 2.24) is 5.32 Å². The number of nitrogens with one attached hydrogen (secondary N) is 1. The van der Waals surface area contributed by atoms with Crippen LogP contribution in [0.2, 0.25) is 5.02 Å². The molecule has 0 aliphatic carbocycles. The van der Waals surface area contributed by atoms with Crippen molar-refractivity contribution in [2.75, 3.05) is 7.11 Å². The Kier molecular flexibility index (Phi) is 5.24. The molecule has 4 nitrogen and oxygen atoms in total. The average Bonchev–Trinajstić information content (AvgIpc) is 2.74. The molecule has 5 heteroatoms. The van der Waals surface area contributed by atoms with E-state index >= 15 is 0 Å². The smallest absolute Gasteiger partial charge is 0.186 e. The number of methoxy groups -OCH3 is 1. The number of halogens is 1. The average molecular weight is 394 g/mol. The van der Waals surface area contributed by atoms with E-state index in [0.717, 1.165) is 28.1 Å². The van der Waals surface area contributed by atoms with E-state index in [1.54, 1.807) is 13.2 Å². The molecule has 0 amide bonds. The summed E-state index contributed by atoms with van der Waals surface area (Å²) in [4.78, 5) is 0. The van der Waals surface area contributed by atoms with Crippen molar-refractivity contribution in [1.29, 1.82) is 0 Å². The minimum absolute atomic E-state index is 0.00816. The summed E-state index contributed by atoms with van der Waals surface area (Å²) >= 11 is 6.06. The predicted molar refractivity (Wildman–Crippen MR) is 111 cm³/mol. The van der Waals surface area contributed by atoms with Gasteiger partial charge < -0.3 is 20.5 Å². The number of hydrogen-bond acceptors (Lipinski definition) is 3. The fraction of sp³-hybridized carbons (Fsp3) is 0.130. The highest BCUT2D eigenvalue weighted by molar-refractivity contribution is 6.30. The summed E-state index contributed by atoms with van der Waals surface area (Å²) in [5.74, 6) is 1.12. The van der Waals surface area contributed by atoms with Crippen LogP contribution in [0.3, 0.4) is 0 Å². The van der Waals surface area contributed by atoms with Gasteiger partial charge in [-0.25, -0.2) is 0 Å². The van der Waals surface area contributed by atoms with Crippen LogP contribution in [-0.2, 0) is 0 Å².